The first kappa shape index (κ1) is 24.1. The van der Waals surface area contributed by atoms with E-state index in [1.807, 2.05) is 0 Å². The van der Waals surface area contributed by atoms with E-state index in [9.17, 15) is 50.8 Å². The van der Waals surface area contributed by atoms with Crippen LogP contribution < -0.4 is 4.74 Å². The molecule has 0 bridgehead atoms. The second-order valence-corrected chi connectivity index (χ2v) is 8.46. The Hall–Kier alpha value is -2.07. The van der Waals surface area contributed by atoms with Crippen molar-refractivity contribution < 1.29 is 65.0 Å². The van der Waals surface area contributed by atoms with E-state index in [2.05, 4.69) is 0 Å². The fourth-order valence-corrected chi connectivity index (χ4v) is 4.68. The van der Waals surface area contributed by atoms with Crippen molar-refractivity contribution in [3.63, 3.8) is 0 Å². The van der Waals surface area contributed by atoms with Gasteiger partial charge in [-0.15, -0.1) is 0 Å². The van der Waals surface area contributed by atoms with Gasteiger partial charge in [-0.05, 0) is 6.92 Å². The molecule has 9 atom stereocenters. The number of rotatable bonds is 4. The van der Waals surface area contributed by atoms with Crippen LogP contribution in [0.25, 0.3) is 0 Å². The lowest BCUT2D eigenvalue weighted by atomic mass is 9.86. The molecule has 2 fully saturated rings. The van der Waals surface area contributed by atoms with Crippen LogP contribution in [-0.2, 0) is 15.9 Å². The number of hydrogen-bond donors (Lipinski definition) is 9. The molecule has 9 N–H and O–H groups in total. The standard InChI is InChI=1S/C20H26O13/c1-5(23)9-14(27)10(18-16(29)15(28)12(25)7(3-21)31-18)11(24)6-2-20(33-17(6)9)19(30)13(26)8(4-22)32-20/h7-8,12-13,15-16,18-19,21-22,24-30H,2-4H2,1H3/t7-,8-,12-,13-,15+,16-,18+,19+,20-/m1/s1. The number of hydrogen-bond acceptors (Lipinski definition) is 13. The molecule has 33 heavy (non-hydrogen) atoms. The first-order valence-electron chi connectivity index (χ1n) is 10.2. The van der Waals surface area contributed by atoms with Crippen molar-refractivity contribution in [3.8, 4) is 17.2 Å². The van der Waals surface area contributed by atoms with Gasteiger partial charge in [0.1, 0.15) is 71.6 Å². The Bertz CT molecular complexity index is 949. The van der Waals surface area contributed by atoms with Crippen LogP contribution in [0.5, 0.6) is 17.2 Å². The molecule has 3 aliphatic rings. The number of aliphatic hydroxyl groups is 7. The van der Waals surface area contributed by atoms with Crippen LogP contribution in [0.15, 0.2) is 0 Å². The zero-order valence-electron chi connectivity index (χ0n) is 17.4. The molecule has 3 heterocycles. The van der Waals surface area contributed by atoms with Gasteiger partial charge in [0.15, 0.2) is 5.78 Å². The maximum absolute atomic E-state index is 12.4. The number of benzene rings is 1. The predicted molar refractivity (Wildman–Crippen MR) is 104 cm³/mol. The molecule has 0 saturated carbocycles. The number of Topliss-reactive ketones (excluding diaryl/α,β-unsaturated/α-hetero) is 1. The van der Waals surface area contributed by atoms with Crippen LogP contribution in [-0.4, -0.2) is 113 Å². The average Bonchev–Trinajstić information content (AvgIpc) is 3.26. The van der Waals surface area contributed by atoms with Gasteiger partial charge < -0.3 is 60.2 Å². The Morgan fingerprint density at radius 1 is 0.939 bits per heavy atom. The SMILES string of the molecule is CC(=O)c1c(O)c([C@@H]2O[C@H](CO)[C@@H](O)[C@H](O)[C@H]2O)c(O)c2c1O[C@@]1(C2)O[C@H](CO)[C@@H](O)[C@@H]1O. The van der Waals surface area contributed by atoms with Gasteiger partial charge in [-0.2, -0.15) is 0 Å². The summed E-state index contributed by atoms with van der Waals surface area (Å²) in [5, 5.41) is 92.0. The van der Waals surface area contributed by atoms with E-state index in [0.717, 1.165) is 6.92 Å². The highest BCUT2D eigenvalue weighted by atomic mass is 16.7. The normalized spacial score (nSPS) is 40.1. The summed E-state index contributed by atoms with van der Waals surface area (Å²) >= 11 is 0. The van der Waals surface area contributed by atoms with E-state index >= 15 is 0 Å². The van der Waals surface area contributed by atoms with Crippen molar-refractivity contribution in [2.45, 2.75) is 68.0 Å². The van der Waals surface area contributed by atoms with E-state index in [1.165, 1.54) is 0 Å². The molecule has 0 aliphatic carbocycles. The predicted octanol–water partition coefficient (Wildman–Crippen LogP) is -3.44. The third-order valence-electron chi connectivity index (χ3n) is 6.45. The highest BCUT2D eigenvalue weighted by Gasteiger charge is 2.60. The molecule has 4 rings (SSSR count). The number of carbonyl (C=O) groups excluding carboxylic acids is 1. The molecule has 0 unspecified atom stereocenters. The van der Waals surface area contributed by atoms with E-state index in [1.54, 1.807) is 0 Å². The van der Waals surface area contributed by atoms with Crippen molar-refractivity contribution in [1.82, 2.24) is 0 Å². The number of phenols is 2. The summed E-state index contributed by atoms with van der Waals surface area (Å²) < 4.78 is 16.6. The largest absolute Gasteiger partial charge is 0.507 e. The Morgan fingerprint density at radius 2 is 1.58 bits per heavy atom. The highest BCUT2D eigenvalue weighted by Crippen LogP contribution is 2.55. The summed E-state index contributed by atoms with van der Waals surface area (Å²) in [6.45, 7) is -0.345. The van der Waals surface area contributed by atoms with Gasteiger partial charge in [-0.3, -0.25) is 4.79 Å². The third-order valence-corrected chi connectivity index (χ3v) is 6.45. The van der Waals surface area contributed by atoms with Crippen LogP contribution in [0.2, 0.25) is 0 Å². The smallest absolute Gasteiger partial charge is 0.244 e. The molecule has 0 amide bonds. The van der Waals surface area contributed by atoms with Gasteiger partial charge in [0.25, 0.3) is 0 Å². The minimum Gasteiger partial charge on any atom is -0.507 e. The molecule has 1 aromatic carbocycles. The van der Waals surface area contributed by atoms with Gasteiger partial charge in [-0.1, -0.05) is 0 Å². The fourth-order valence-electron chi connectivity index (χ4n) is 4.68. The lowest BCUT2D eigenvalue weighted by molar-refractivity contribution is -0.232. The van der Waals surface area contributed by atoms with E-state index in [4.69, 9.17) is 14.2 Å². The molecule has 3 aliphatic heterocycles. The van der Waals surface area contributed by atoms with Crippen LogP contribution in [0.1, 0.15) is 34.5 Å². The van der Waals surface area contributed by atoms with Crippen LogP contribution in [0, 0.1) is 0 Å². The Morgan fingerprint density at radius 3 is 2.12 bits per heavy atom. The van der Waals surface area contributed by atoms with Gasteiger partial charge in [0, 0.05) is 12.0 Å². The van der Waals surface area contributed by atoms with Gasteiger partial charge in [0.2, 0.25) is 5.79 Å². The van der Waals surface area contributed by atoms with Crippen molar-refractivity contribution in [1.29, 1.82) is 0 Å². The first-order chi connectivity index (χ1) is 15.5. The monoisotopic (exact) mass is 474 g/mol. The number of carbonyl (C=O) groups is 1. The number of ketones is 1. The molecule has 1 spiro atoms. The van der Waals surface area contributed by atoms with Gasteiger partial charge in [-0.25, -0.2) is 0 Å². The number of fused-ring (bicyclic) bond motifs is 1. The molecular weight excluding hydrogens is 448 g/mol. The quantitative estimate of drug-likeness (QED) is 0.194. The molecular formula is C20H26O13. The Balaban J connectivity index is 1.85. The maximum atomic E-state index is 12.4. The summed E-state index contributed by atoms with van der Waals surface area (Å²) in [5.41, 5.74) is -1.09. The second-order valence-electron chi connectivity index (χ2n) is 8.46. The zero-order chi connectivity index (χ0) is 24.4. The summed E-state index contributed by atoms with van der Waals surface area (Å²) in [7, 11) is 0. The second kappa shape index (κ2) is 8.30. The topological polar surface area (TPSA) is 227 Å². The minimum atomic E-state index is -1.99. The van der Waals surface area contributed by atoms with E-state index in [-0.39, 0.29) is 11.3 Å². The lowest BCUT2D eigenvalue weighted by Gasteiger charge is -2.40. The van der Waals surface area contributed by atoms with E-state index < -0.39 is 103 Å². The zero-order valence-corrected chi connectivity index (χ0v) is 17.4. The summed E-state index contributed by atoms with van der Waals surface area (Å²) in [6.07, 6.45) is -13.3. The molecule has 184 valence electrons. The number of ether oxygens (including phenoxy) is 3. The molecule has 13 nitrogen and oxygen atoms in total. The third kappa shape index (κ3) is 3.39. The Labute approximate surface area is 186 Å². The van der Waals surface area contributed by atoms with Crippen molar-refractivity contribution in [3.05, 3.63) is 16.7 Å². The summed E-state index contributed by atoms with van der Waals surface area (Å²) in [5.74, 6) is -4.63. The Kier molecular flexibility index (Phi) is 6.05. The fraction of sp³-hybridized carbons (Fsp3) is 0.650. The lowest BCUT2D eigenvalue weighted by Crippen LogP contribution is -2.55. The van der Waals surface area contributed by atoms with Crippen LogP contribution in [0.3, 0.4) is 0 Å². The summed E-state index contributed by atoms with van der Waals surface area (Å²) in [4.78, 5) is 12.4. The number of aromatic hydroxyl groups is 2. The minimum absolute atomic E-state index is 0.130. The van der Waals surface area contributed by atoms with Crippen LogP contribution in [0.4, 0.5) is 0 Å². The van der Waals surface area contributed by atoms with Crippen molar-refractivity contribution in [2.75, 3.05) is 13.2 Å². The first-order valence-corrected chi connectivity index (χ1v) is 10.2. The van der Waals surface area contributed by atoms with Gasteiger partial charge in [0.05, 0.1) is 18.8 Å². The van der Waals surface area contributed by atoms with E-state index in [0.29, 0.717) is 0 Å². The summed E-state index contributed by atoms with van der Waals surface area (Å²) in [6, 6.07) is 0. The highest BCUT2D eigenvalue weighted by molar-refractivity contribution is 6.01. The maximum Gasteiger partial charge on any atom is 0.244 e. The number of aliphatic hydroxyl groups excluding tert-OH is 7. The molecule has 13 heteroatoms. The van der Waals surface area contributed by atoms with Crippen molar-refractivity contribution in [2.24, 2.45) is 0 Å². The van der Waals surface area contributed by atoms with Gasteiger partial charge >= 0.3 is 0 Å². The average molecular weight is 474 g/mol. The van der Waals surface area contributed by atoms with Crippen molar-refractivity contribution >= 4 is 5.78 Å². The molecule has 2 saturated heterocycles. The molecule has 0 radical (unpaired) electrons. The van der Waals surface area contributed by atoms with Crippen LogP contribution >= 0.6 is 0 Å². The molecule has 1 aromatic rings. The number of phenolic OH excluding ortho intramolecular Hbond substituents is 2. The molecule has 0 aromatic heterocycles.